The monoisotopic (exact) mass is 414 g/mol. The smallest absolute Gasteiger partial charge is 0.251 e. The Morgan fingerprint density at radius 3 is 2.61 bits per heavy atom. The molecule has 0 saturated carbocycles. The number of nitrogens with zero attached hydrogens (tertiary/aromatic N) is 1. The predicted molar refractivity (Wildman–Crippen MR) is 126 cm³/mol. The van der Waals surface area contributed by atoms with Gasteiger partial charge in [-0.1, -0.05) is 48.5 Å². The molecule has 0 saturated heterocycles. The van der Waals surface area contributed by atoms with Crippen molar-refractivity contribution in [3.8, 4) is 5.75 Å². The molecule has 0 atom stereocenters. The molecule has 3 aromatic rings. The molecule has 160 valence electrons. The van der Waals surface area contributed by atoms with Gasteiger partial charge in [-0.15, -0.1) is 0 Å². The van der Waals surface area contributed by atoms with Crippen molar-refractivity contribution in [2.45, 2.75) is 32.2 Å². The number of carbonyl (C=O) groups excluding carboxylic acids is 1. The van der Waals surface area contributed by atoms with Gasteiger partial charge in [0.2, 0.25) is 0 Å². The highest BCUT2D eigenvalue weighted by atomic mass is 16.5. The Hall–Kier alpha value is -3.27. The fraction of sp³-hybridized carbons (Fsp3) is 0.296. The summed E-state index contributed by atoms with van der Waals surface area (Å²) in [6.07, 6.45) is 4.09. The standard InChI is InChI=1S/C27H30N2O2/c1-31-26-13-5-3-9-23(26)10-6-18-28-27(30)24-16-14-21(15-17-24)20-29-19-7-11-22-8-2-4-12-25(22)29/h2-5,8-9,12-17H,6-7,10-11,18-20H2,1H3,(H,28,30). The minimum absolute atomic E-state index is 0.0186. The van der Waals surface area contributed by atoms with Crippen molar-refractivity contribution in [1.29, 1.82) is 0 Å². The summed E-state index contributed by atoms with van der Waals surface area (Å²) in [5, 5.41) is 3.03. The summed E-state index contributed by atoms with van der Waals surface area (Å²) in [6.45, 7) is 2.59. The molecule has 4 nitrogen and oxygen atoms in total. The fourth-order valence-corrected chi connectivity index (χ4v) is 4.25. The van der Waals surface area contributed by atoms with Crippen LogP contribution >= 0.6 is 0 Å². The summed E-state index contributed by atoms with van der Waals surface area (Å²) in [7, 11) is 1.69. The van der Waals surface area contributed by atoms with E-state index < -0.39 is 0 Å². The molecule has 0 aromatic heterocycles. The first kappa shape index (κ1) is 21.0. The molecule has 0 unspecified atom stereocenters. The highest BCUT2D eigenvalue weighted by Crippen LogP contribution is 2.28. The Balaban J connectivity index is 1.28. The van der Waals surface area contributed by atoms with E-state index in [1.54, 1.807) is 7.11 Å². The van der Waals surface area contributed by atoms with E-state index in [4.69, 9.17) is 4.74 Å². The van der Waals surface area contributed by atoms with Crippen molar-refractivity contribution in [3.63, 3.8) is 0 Å². The molecule has 4 heteroatoms. The number of benzene rings is 3. The second-order valence-electron chi connectivity index (χ2n) is 8.02. The second kappa shape index (κ2) is 10.2. The number of fused-ring (bicyclic) bond motifs is 1. The van der Waals surface area contributed by atoms with Gasteiger partial charge < -0.3 is 15.0 Å². The van der Waals surface area contributed by atoms with Crippen LogP contribution in [0.2, 0.25) is 0 Å². The summed E-state index contributed by atoms with van der Waals surface area (Å²) in [5.74, 6) is 0.885. The van der Waals surface area contributed by atoms with Gasteiger partial charge in [0.25, 0.3) is 5.91 Å². The third-order valence-electron chi connectivity index (χ3n) is 5.90. The van der Waals surface area contributed by atoms with Crippen molar-refractivity contribution in [2.24, 2.45) is 0 Å². The average molecular weight is 415 g/mol. The van der Waals surface area contributed by atoms with Crippen molar-refractivity contribution in [3.05, 3.63) is 95.1 Å². The third kappa shape index (κ3) is 5.26. The van der Waals surface area contributed by atoms with E-state index in [0.29, 0.717) is 12.1 Å². The lowest BCUT2D eigenvalue weighted by molar-refractivity contribution is 0.0953. The quantitative estimate of drug-likeness (QED) is 0.527. The van der Waals surface area contributed by atoms with Crippen molar-refractivity contribution >= 4 is 11.6 Å². The summed E-state index contributed by atoms with van der Waals surface area (Å²) in [5.41, 5.74) is 5.87. The van der Waals surface area contributed by atoms with Crippen molar-refractivity contribution < 1.29 is 9.53 Å². The van der Waals surface area contributed by atoms with Crippen LogP contribution in [0.1, 0.15) is 39.9 Å². The van der Waals surface area contributed by atoms with Crippen LogP contribution in [0, 0.1) is 0 Å². The van der Waals surface area contributed by atoms with Crippen LogP contribution in [0.3, 0.4) is 0 Å². The Labute approximate surface area is 184 Å². The lowest BCUT2D eigenvalue weighted by Crippen LogP contribution is -2.28. The van der Waals surface area contributed by atoms with Gasteiger partial charge >= 0.3 is 0 Å². The largest absolute Gasteiger partial charge is 0.496 e. The lowest BCUT2D eigenvalue weighted by atomic mass is 10.0. The molecule has 0 spiro atoms. The van der Waals surface area contributed by atoms with Crippen LogP contribution in [0.5, 0.6) is 5.75 Å². The highest BCUT2D eigenvalue weighted by Gasteiger charge is 2.16. The highest BCUT2D eigenvalue weighted by molar-refractivity contribution is 5.94. The number of anilines is 1. The SMILES string of the molecule is COc1ccccc1CCCNC(=O)c1ccc(CN2CCCc3ccccc32)cc1. The van der Waals surface area contributed by atoms with Gasteiger partial charge in [0, 0.05) is 30.9 Å². The van der Waals surface area contributed by atoms with E-state index in [1.165, 1.54) is 28.8 Å². The maximum atomic E-state index is 12.5. The summed E-state index contributed by atoms with van der Waals surface area (Å²) in [4.78, 5) is 14.9. The molecule has 3 aromatic carbocycles. The molecular weight excluding hydrogens is 384 g/mol. The number of amides is 1. The number of aryl methyl sites for hydroxylation is 2. The van der Waals surface area contributed by atoms with Crippen LogP contribution in [0.15, 0.2) is 72.8 Å². The number of hydrogen-bond acceptors (Lipinski definition) is 3. The fourth-order valence-electron chi connectivity index (χ4n) is 4.25. The number of methoxy groups -OCH3 is 1. The van der Waals surface area contributed by atoms with E-state index in [9.17, 15) is 4.79 Å². The molecule has 1 N–H and O–H groups in total. The minimum Gasteiger partial charge on any atom is -0.496 e. The number of hydrogen-bond donors (Lipinski definition) is 1. The van der Waals surface area contributed by atoms with Gasteiger partial charge in [-0.05, 0) is 66.6 Å². The van der Waals surface area contributed by atoms with Gasteiger partial charge in [-0.3, -0.25) is 4.79 Å². The zero-order valence-electron chi connectivity index (χ0n) is 18.1. The van der Waals surface area contributed by atoms with Crippen LogP contribution in [0.4, 0.5) is 5.69 Å². The van der Waals surface area contributed by atoms with Crippen LogP contribution in [0.25, 0.3) is 0 Å². The molecule has 0 fully saturated rings. The van der Waals surface area contributed by atoms with Crippen molar-refractivity contribution in [1.82, 2.24) is 5.32 Å². The molecule has 0 radical (unpaired) electrons. The van der Waals surface area contributed by atoms with E-state index in [-0.39, 0.29) is 5.91 Å². The minimum atomic E-state index is -0.0186. The lowest BCUT2D eigenvalue weighted by Gasteiger charge is -2.31. The molecule has 4 rings (SSSR count). The molecule has 0 aliphatic carbocycles. The number of para-hydroxylation sites is 2. The Morgan fingerprint density at radius 2 is 1.77 bits per heavy atom. The molecule has 0 bridgehead atoms. The zero-order valence-corrected chi connectivity index (χ0v) is 18.1. The molecule has 1 amide bonds. The first-order valence-electron chi connectivity index (χ1n) is 11.1. The first-order valence-corrected chi connectivity index (χ1v) is 11.1. The number of rotatable bonds is 8. The molecular formula is C27H30N2O2. The molecule has 1 aliphatic heterocycles. The van der Waals surface area contributed by atoms with E-state index in [0.717, 1.165) is 38.1 Å². The molecule has 1 heterocycles. The third-order valence-corrected chi connectivity index (χ3v) is 5.90. The maximum Gasteiger partial charge on any atom is 0.251 e. The van der Waals surface area contributed by atoms with Gasteiger partial charge in [0.05, 0.1) is 7.11 Å². The van der Waals surface area contributed by atoms with E-state index >= 15 is 0 Å². The van der Waals surface area contributed by atoms with Gasteiger partial charge in [-0.2, -0.15) is 0 Å². The molecule has 31 heavy (non-hydrogen) atoms. The normalized spacial score (nSPS) is 12.9. The van der Waals surface area contributed by atoms with Crippen LogP contribution < -0.4 is 15.0 Å². The topological polar surface area (TPSA) is 41.6 Å². The maximum absolute atomic E-state index is 12.5. The van der Waals surface area contributed by atoms with Crippen molar-refractivity contribution in [2.75, 3.05) is 25.1 Å². The Morgan fingerprint density at radius 1 is 1.00 bits per heavy atom. The van der Waals surface area contributed by atoms with Gasteiger partial charge in [0.1, 0.15) is 5.75 Å². The van der Waals surface area contributed by atoms with Gasteiger partial charge in [0.15, 0.2) is 0 Å². The number of nitrogens with one attached hydrogen (secondary N) is 1. The summed E-state index contributed by atoms with van der Waals surface area (Å²) < 4.78 is 5.39. The van der Waals surface area contributed by atoms with Gasteiger partial charge in [-0.25, -0.2) is 0 Å². The number of carbonyl (C=O) groups is 1. The Kier molecular flexibility index (Phi) is 6.88. The predicted octanol–water partition coefficient (Wildman–Crippen LogP) is 5.01. The van der Waals surface area contributed by atoms with E-state index in [2.05, 4.69) is 52.7 Å². The molecule has 1 aliphatic rings. The Bertz CT molecular complexity index is 1010. The van der Waals surface area contributed by atoms with Crippen LogP contribution in [-0.2, 0) is 19.4 Å². The first-order chi connectivity index (χ1) is 15.2. The summed E-state index contributed by atoms with van der Waals surface area (Å²) >= 11 is 0. The average Bonchev–Trinajstić information content (AvgIpc) is 2.82. The summed E-state index contributed by atoms with van der Waals surface area (Å²) in [6, 6.07) is 24.7. The second-order valence-corrected chi connectivity index (χ2v) is 8.02. The zero-order chi connectivity index (χ0) is 21.5. The van der Waals surface area contributed by atoms with E-state index in [1.807, 2.05) is 30.3 Å². The van der Waals surface area contributed by atoms with Crippen LogP contribution in [-0.4, -0.2) is 26.1 Å². The number of ether oxygens (including phenoxy) is 1.